The molecular weight excluding hydrogens is 325 g/mol. The number of hydrogen-bond donors (Lipinski definition) is 1. The first-order chi connectivity index (χ1) is 11.5. The maximum atomic E-state index is 12.5. The molecule has 124 valence electrons. The monoisotopic (exact) mass is 336 g/mol. The summed E-state index contributed by atoms with van der Waals surface area (Å²) in [5.74, 6) is 1.17. The fourth-order valence-electron chi connectivity index (χ4n) is 1.86. The minimum Gasteiger partial charge on any atom is -0.439 e. The van der Waals surface area contributed by atoms with Gasteiger partial charge in [0.25, 0.3) is 0 Å². The van der Waals surface area contributed by atoms with E-state index in [1.807, 2.05) is 0 Å². The van der Waals surface area contributed by atoms with Crippen LogP contribution in [0.5, 0.6) is 11.6 Å². The fraction of sp³-hybridized carbons (Fsp3) is 0.133. The number of nitrogens with two attached hydrogens (primary N) is 1. The summed E-state index contributed by atoms with van der Waals surface area (Å²) in [4.78, 5) is 7.72. The molecule has 0 aliphatic carbocycles. The minimum absolute atomic E-state index is 0.0562. The van der Waals surface area contributed by atoms with Gasteiger partial charge in [0.15, 0.2) is 0 Å². The Labute approximate surface area is 134 Å². The highest BCUT2D eigenvalue weighted by molar-refractivity contribution is 5.55. The van der Waals surface area contributed by atoms with Crippen LogP contribution in [0, 0.1) is 0 Å². The van der Waals surface area contributed by atoms with E-state index in [9.17, 15) is 13.2 Å². The largest absolute Gasteiger partial charge is 0.439 e. The molecule has 0 bridgehead atoms. The van der Waals surface area contributed by atoms with Crippen molar-refractivity contribution < 1.29 is 22.4 Å². The minimum atomic E-state index is -4.43. The average Bonchev–Trinajstić information content (AvgIpc) is 3.04. The molecule has 6 nitrogen and oxygen atoms in total. The standard InChI is InChI=1S/C15H11F3N4O2/c16-15(17,18)10-3-6-12(20-8-10)23-11-4-1-9(2-5-11)14-21-13(7-19)24-22-14/h1-6,8H,7,19H2. The van der Waals surface area contributed by atoms with Crippen molar-refractivity contribution >= 4 is 0 Å². The van der Waals surface area contributed by atoms with Crippen LogP contribution in [0.2, 0.25) is 0 Å². The topological polar surface area (TPSA) is 87.1 Å². The number of halogens is 3. The number of hydrogen-bond acceptors (Lipinski definition) is 6. The van der Waals surface area contributed by atoms with Gasteiger partial charge in [0.05, 0.1) is 12.1 Å². The van der Waals surface area contributed by atoms with E-state index in [2.05, 4.69) is 15.1 Å². The van der Waals surface area contributed by atoms with Crippen LogP contribution in [0.4, 0.5) is 13.2 Å². The van der Waals surface area contributed by atoms with Gasteiger partial charge in [-0.1, -0.05) is 5.16 Å². The Bertz CT molecular complexity index is 814. The fourth-order valence-corrected chi connectivity index (χ4v) is 1.86. The van der Waals surface area contributed by atoms with E-state index in [1.165, 1.54) is 0 Å². The molecule has 3 rings (SSSR count). The number of nitrogens with zero attached hydrogens (tertiary/aromatic N) is 3. The highest BCUT2D eigenvalue weighted by atomic mass is 19.4. The second-order valence-corrected chi connectivity index (χ2v) is 4.73. The molecule has 9 heteroatoms. The molecule has 0 radical (unpaired) electrons. The molecular formula is C15H11F3N4O2. The maximum Gasteiger partial charge on any atom is 0.417 e. The third-order valence-electron chi connectivity index (χ3n) is 3.04. The quantitative estimate of drug-likeness (QED) is 0.786. The maximum absolute atomic E-state index is 12.5. The average molecular weight is 336 g/mol. The van der Waals surface area contributed by atoms with Crippen molar-refractivity contribution in [2.24, 2.45) is 5.73 Å². The Kier molecular flexibility index (Phi) is 4.17. The molecule has 0 saturated heterocycles. The molecule has 3 aromatic rings. The molecule has 0 atom stereocenters. The molecule has 2 N–H and O–H groups in total. The third-order valence-corrected chi connectivity index (χ3v) is 3.04. The van der Waals surface area contributed by atoms with Crippen LogP contribution in [0.3, 0.4) is 0 Å². The lowest BCUT2D eigenvalue weighted by Gasteiger charge is -2.08. The van der Waals surface area contributed by atoms with Gasteiger partial charge in [0.1, 0.15) is 5.75 Å². The summed E-state index contributed by atoms with van der Waals surface area (Å²) in [7, 11) is 0. The molecule has 0 aliphatic heterocycles. The number of alkyl halides is 3. The van der Waals surface area contributed by atoms with Gasteiger partial charge >= 0.3 is 6.18 Å². The first-order valence-corrected chi connectivity index (χ1v) is 6.80. The molecule has 2 heterocycles. The van der Waals surface area contributed by atoms with Crippen LogP contribution in [-0.2, 0) is 12.7 Å². The number of pyridine rings is 1. The first kappa shape index (κ1) is 15.9. The van der Waals surface area contributed by atoms with E-state index in [-0.39, 0.29) is 12.4 Å². The van der Waals surface area contributed by atoms with Gasteiger partial charge in [-0.05, 0) is 30.3 Å². The van der Waals surface area contributed by atoms with Crippen LogP contribution in [0.25, 0.3) is 11.4 Å². The predicted octanol–water partition coefficient (Wildman–Crippen LogP) is 3.40. The van der Waals surface area contributed by atoms with Gasteiger partial charge in [-0.2, -0.15) is 18.2 Å². The van der Waals surface area contributed by atoms with Crippen LogP contribution in [-0.4, -0.2) is 15.1 Å². The van der Waals surface area contributed by atoms with Crippen molar-refractivity contribution in [2.75, 3.05) is 0 Å². The highest BCUT2D eigenvalue weighted by Gasteiger charge is 2.30. The van der Waals surface area contributed by atoms with Gasteiger partial charge < -0.3 is 15.0 Å². The summed E-state index contributed by atoms with van der Waals surface area (Å²) >= 11 is 0. The van der Waals surface area contributed by atoms with E-state index in [4.69, 9.17) is 15.0 Å². The lowest BCUT2D eigenvalue weighted by molar-refractivity contribution is -0.137. The molecule has 0 unspecified atom stereocenters. The van der Waals surface area contributed by atoms with Crippen LogP contribution < -0.4 is 10.5 Å². The smallest absolute Gasteiger partial charge is 0.417 e. The van der Waals surface area contributed by atoms with Gasteiger partial charge in [-0.25, -0.2) is 4.98 Å². The number of ether oxygens (including phenoxy) is 1. The number of aromatic nitrogens is 3. The summed E-state index contributed by atoms with van der Waals surface area (Å²) < 4.78 is 47.7. The zero-order valence-electron chi connectivity index (χ0n) is 12.1. The van der Waals surface area contributed by atoms with Crippen molar-refractivity contribution in [2.45, 2.75) is 12.7 Å². The Balaban J connectivity index is 1.72. The summed E-state index contributed by atoms with van der Waals surface area (Å²) in [6, 6.07) is 8.67. The molecule has 1 aromatic carbocycles. The normalized spacial score (nSPS) is 11.5. The Morgan fingerprint density at radius 3 is 2.38 bits per heavy atom. The summed E-state index contributed by atoms with van der Waals surface area (Å²) in [6.45, 7) is 0.147. The van der Waals surface area contributed by atoms with E-state index in [1.54, 1.807) is 24.3 Å². The lowest BCUT2D eigenvalue weighted by atomic mass is 10.2. The first-order valence-electron chi connectivity index (χ1n) is 6.80. The SMILES string of the molecule is NCc1nc(-c2ccc(Oc3ccc(C(F)(F)F)cn3)cc2)no1. The van der Waals surface area contributed by atoms with Gasteiger partial charge in [-0.3, -0.25) is 0 Å². The summed E-state index contributed by atoms with van der Waals surface area (Å²) in [5, 5.41) is 3.78. The number of rotatable bonds is 4. The highest BCUT2D eigenvalue weighted by Crippen LogP contribution is 2.30. The van der Waals surface area contributed by atoms with Crippen molar-refractivity contribution in [3.63, 3.8) is 0 Å². The van der Waals surface area contributed by atoms with E-state index < -0.39 is 11.7 Å². The van der Waals surface area contributed by atoms with Crippen LogP contribution in [0.1, 0.15) is 11.5 Å². The zero-order chi connectivity index (χ0) is 17.2. The van der Waals surface area contributed by atoms with Crippen LogP contribution >= 0.6 is 0 Å². The van der Waals surface area contributed by atoms with Crippen molar-refractivity contribution in [3.05, 3.63) is 54.0 Å². The van der Waals surface area contributed by atoms with Crippen molar-refractivity contribution in [1.29, 1.82) is 0 Å². The molecule has 0 aliphatic rings. The van der Waals surface area contributed by atoms with E-state index in [0.29, 0.717) is 23.0 Å². The second kappa shape index (κ2) is 6.28. The summed E-state index contributed by atoms with van der Waals surface area (Å²) in [5.41, 5.74) is 5.25. The Morgan fingerprint density at radius 1 is 1.08 bits per heavy atom. The molecule has 0 spiro atoms. The Hall–Kier alpha value is -2.94. The third kappa shape index (κ3) is 3.51. The Morgan fingerprint density at radius 2 is 1.83 bits per heavy atom. The molecule has 0 amide bonds. The second-order valence-electron chi connectivity index (χ2n) is 4.73. The molecule has 2 aromatic heterocycles. The molecule has 0 fully saturated rings. The number of benzene rings is 1. The lowest BCUT2D eigenvalue weighted by Crippen LogP contribution is -2.05. The van der Waals surface area contributed by atoms with Crippen molar-refractivity contribution in [3.8, 4) is 23.0 Å². The predicted molar refractivity (Wildman–Crippen MR) is 76.9 cm³/mol. The zero-order valence-corrected chi connectivity index (χ0v) is 12.1. The van der Waals surface area contributed by atoms with E-state index >= 15 is 0 Å². The van der Waals surface area contributed by atoms with Gasteiger partial charge in [0, 0.05) is 17.8 Å². The van der Waals surface area contributed by atoms with Crippen LogP contribution in [0.15, 0.2) is 47.1 Å². The molecule has 24 heavy (non-hydrogen) atoms. The summed E-state index contributed by atoms with van der Waals surface area (Å²) in [6.07, 6.45) is -3.71. The van der Waals surface area contributed by atoms with Gasteiger partial charge in [0.2, 0.25) is 17.6 Å². The molecule has 0 saturated carbocycles. The van der Waals surface area contributed by atoms with Crippen molar-refractivity contribution in [1.82, 2.24) is 15.1 Å². The van der Waals surface area contributed by atoms with E-state index in [0.717, 1.165) is 18.3 Å². The van der Waals surface area contributed by atoms with Gasteiger partial charge in [-0.15, -0.1) is 0 Å².